The lowest BCUT2D eigenvalue weighted by Crippen LogP contribution is -2.39. The molecule has 4 nitrogen and oxygen atoms in total. The van der Waals surface area contributed by atoms with Crippen LogP contribution in [0.3, 0.4) is 0 Å². The van der Waals surface area contributed by atoms with Gasteiger partial charge < -0.3 is 4.90 Å². The maximum absolute atomic E-state index is 12.1. The van der Waals surface area contributed by atoms with Crippen LogP contribution in [0, 0.1) is 0 Å². The van der Waals surface area contributed by atoms with Gasteiger partial charge >= 0.3 is 0 Å². The Bertz CT molecular complexity index is 548. The Balaban J connectivity index is 1.95. The van der Waals surface area contributed by atoms with Crippen LogP contribution in [0.5, 0.6) is 0 Å². The maximum atomic E-state index is 12.1. The molecule has 1 aromatic rings. The van der Waals surface area contributed by atoms with Gasteiger partial charge in [0, 0.05) is 42.7 Å². The van der Waals surface area contributed by atoms with Crippen molar-refractivity contribution in [2.24, 2.45) is 5.10 Å². The van der Waals surface area contributed by atoms with E-state index in [2.05, 4.69) is 29.3 Å². The third kappa shape index (κ3) is 4.43. The zero-order valence-corrected chi connectivity index (χ0v) is 13.7. The van der Waals surface area contributed by atoms with Crippen molar-refractivity contribution < 1.29 is 4.79 Å². The maximum Gasteiger partial charge on any atom is 0.272 e. The summed E-state index contributed by atoms with van der Waals surface area (Å²) in [6, 6.07) is 5.34. The number of halogens is 2. The SMILES string of the molecule is CC(C)N1CCC(=NNC(=O)c2cc(Cl)ccc2Cl)CC1. The van der Waals surface area contributed by atoms with E-state index < -0.39 is 0 Å². The van der Waals surface area contributed by atoms with Gasteiger partial charge in [0.2, 0.25) is 0 Å². The lowest BCUT2D eigenvalue weighted by atomic mass is 10.1. The molecule has 0 spiro atoms. The number of hydrogen-bond donors (Lipinski definition) is 1. The molecular weight excluding hydrogens is 309 g/mol. The Morgan fingerprint density at radius 3 is 2.57 bits per heavy atom. The number of hydrazone groups is 1. The van der Waals surface area contributed by atoms with Gasteiger partial charge in [-0.05, 0) is 32.0 Å². The summed E-state index contributed by atoms with van der Waals surface area (Å²) in [6.45, 7) is 6.32. The molecular formula is C15H19Cl2N3O. The molecule has 1 N–H and O–H groups in total. The zero-order chi connectivity index (χ0) is 15.4. The standard InChI is InChI=1S/C15H19Cl2N3O/c1-10(2)20-7-5-12(6-8-20)18-19-15(21)13-9-11(16)3-4-14(13)17/h3-4,9-10H,5-8H2,1-2H3,(H,19,21). The first-order valence-electron chi connectivity index (χ1n) is 7.02. The third-order valence-corrected chi connectivity index (χ3v) is 4.16. The molecule has 0 saturated carbocycles. The minimum absolute atomic E-state index is 0.332. The molecule has 1 saturated heterocycles. The van der Waals surface area contributed by atoms with Crippen LogP contribution >= 0.6 is 23.2 Å². The van der Waals surface area contributed by atoms with Gasteiger partial charge in [-0.3, -0.25) is 4.79 Å². The van der Waals surface area contributed by atoms with Crippen molar-refractivity contribution in [1.82, 2.24) is 10.3 Å². The van der Waals surface area contributed by atoms with Crippen molar-refractivity contribution in [1.29, 1.82) is 0 Å². The molecule has 1 amide bonds. The third-order valence-electron chi connectivity index (χ3n) is 3.59. The molecule has 1 aliphatic heterocycles. The van der Waals surface area contributed by atoms with Crippen LogP contribution in [-0.2, 0) is 0 Å². The number of benzene rings is 1. The molecule has 1 aliphatic rings. The van der Waals surface area contributed by atoms with E-state index in [0.29, 0.717) is 21.7 Å². The quantitative estimate of drug-likeness (QED) is 0.862. The zero-order valence-electron chi connectivity index (χ0n) is 12.2. The second-order valence-electron chi connectivity index (χ2n) is 5.37. The van der Waals surface area contributed by atoms with Gasteiger partial charge in [0.15, 0.2) is 0 Å². The summed E-state index contributed by atoms with van der Waals surface area (Å²) in [6.07, 6.45) is 1.75. The first-order valence-corrected chi connectivity index (χ1v) is 7.78. The Morgan fingerprint density at radius 2 is 1.95 bits per heavy atom. The molecule has 6 heteroatoms. The number of likely N-dealkylation sites (tertiary alicyclic amines) is 1. The fourth-order valence-electron chi connectivity index (χ4n) is 2.27. The van der Waals surface area contributed by atoms with E-state index in [1.165, 1.54) is 0 Å². The Kier molecular flexibility index (Phi) is 5.62. The number of nitrogens with one attached hydrogen (secondary N) is 1. The van der Waals surface area contributed by atoms with Gasteiger partial charge in [0.05, 0.1) is 10.6 Å². The van der Waals surface area contributed by atoms with Gasteiger partial charge in [-0.2, -0.15) is 5.10 Å². The first-order chi connectivity index (χ1) is 9.97. The largest absolute Gasteiger partial charge is 0.300 e. The van der Waals surface area contributed by atoms with Gasteiger partial charge in [-0.25, -0.2) is 5.43 Å². The summed E-state index contributed by atoms with van der Waals surface area (Å²) in [5.74, 6) is -0.332. The van der Waals surface area contributed by atoms with Crippen molar-refractivity contribution in [3.05, 3.63) is 33.8 Å². The van der Waals surface area contributed by atoms with Crippen LogP contribution in [0.25, 0.3) is 0 Å². The number of rotatable bonds is 3. The molecule has 0 unspecified atom stereocenters. The van der Waals surface area contributed by atoms with Gasteiger partial charge in [0.1, 0.15) is 0 Å². The van der Waals surface area contributed by atoms with Crippen molar-refractivity contribution >= 4 is 34.8 Å². The van der Waals surface area contributed by atoms with E-state index in [-0.39, 0.29) is 5.91 Å². The fraction of sp³-hybridized carbons (Fsp3) is 0.467. The highest BCUT2D eigenvalue weighted by Crippen LogP contribution is 2.20. The molecule has 0 bridgehead atoms. The second-order valence-corrected chi connectivity index (χ2v) is 6.22. The molecule has 0 atom stereocenters. The topological polar surface area (TPSA) is 44.7 Å². The molecule has 114 valence electrons. The summed E-state index contributed by atoms with van der Waals surface area (Å²) in [5.41, 5.74) is 3.92. The Hall–Kier alpha value is -1.10. The minimum atomic E-state index is -0.332. The summed E-state index contributed by atoms with van der Waals surface area (Å²) in [5, 5.41) is 5.05. The fourth-order valence-corrected chi connectivity index (χ4v) is 2.65. The number of carbonyl (C=O) groups excluding carboxylic acids is 1. The van der Waals surface area contributed by atoms with Crippen LogP contribution < -0.4 is 5.43 Å². The van der Waals surface area contributed by atoms with Gasteiger partial charge in [-0.15, -0.1) is 0 Å². The summed E-state index contributed by atoms with van der Waals surface area (Å²) in [7, 11) is 0. The van der Waals surface area contributed by atoms with E-state index in [1.54, 1.807) is 18.2 Å². The minimum Gasteiger partial charge on any atom is -0.300 e. The highest BCUT2D eigenvalue weighted by Gasteiger charge is 2.17. The van der Waals surface area contributed by atoms with Gasteiger partial charge in [-0.1, -0.05) is 23.2 Å². The summed E-state index contributed by atoms with van der Waals surface area (Å²) in [4.78, 5) is 14.5. The first kappa shape index (κ1) is 16.3. The lowest BCUT2D eigenvalue weighted by molar-refractivity contribution is 0.0954. The van der Waals surface area contributed by atoms with Crippen molar-refractivity contribution in [2.75, 3.05) is 13.1 Å². The number of nitrogens with zero attached hydrogens (tertiary/aromatic N) is 2. The lowest BCUT2D eigenvalue weighted by Gasteiger charge is -2.30. The molecule has 2 rings (SSSR count). The molecule has 1 heterocycles. The predicted molar refractivity (Wildman–Crippen MR) is 87.3 cm³/mol. The number of amides is 1. The summed E-state index contributed by atoms with van der Waals surface area (Å²) >= 11 is 11.9. The van der Waals surface area contributed by atoms with Crippen molar-refractivity contribution in [3.8, 4) is 0 Å². The van der Waals surface area contributed by atoms with E-state index in [0.717, 1.165) is 31.6 Å². The highest BCUT2D eigenvalue weighted by atomic mass is 35.5. The monoisotopic (exact) mass is 327 g/mol. The van der Waals surface area contributed by atoms with Crippen LogP contribution in [0.4, 0.5) is 0 Å². The van der Waals surface area contributed by atoms with Crippen LogP contribution in [-0.4, -0.2) is 35.7 Å². The van der Waals surface area contributed by atoms with Crippen LogP contribution in [0.1, 0.15) is 37.0 Å². The average Bonchev–Trinajstić information content (AvgIpc) is 2.47. The number of piperidine rings is 1. The Labute approximate surface area is 135 Å². The van der Waals surface area contributed by atoms with Crippen molar-refractivity contribution in [2.45, 2.75) is 32.7 Å². The summed E-state index contributed by atoms with van der Waals surface area (Å²) < 4.78 is 0. The molecule has 21 heavy (non-hydrogen) atoms. The highest BCUT2D eigenvalue weighted by molar-refractivity contribution is 6.35. The van der Waals surface area contributed by atoms with Crippen molar-refractivity contribution in [3.63, 3.8) is 0 Å². The molecule has 1 fully saturated rings. The number of carbonyl (C=O) groups is 1. The molecule has 0 radical (unpaired) electrons. The molecule has 1 aromatic carbocycles. The molecule has 0 aromatic heterocycles. The van der Waals surface area contributed by atoms with E-state index in [9.17, 15) is 4.79 Å². The molecule has 0 aliphatic carbocycles. The smallest absolute Gasteiger partial charge is 0.272 e. The van der Waals surface area contributed by atoms with E-state index in [1.807, 2.05) is 0 Å². The van der Waals surface area contributed by atoms with E-state index in [4.69, 9.17) is 23.2 Å². The van der Waals surface area contributed by atoms with Crippen LogP contribution in [0.2, 0.25) is 10.0 Å². The van der Waals surface area contributed by atoms with Crippen LogP contribution in [0.15, 0.2) is 23.3 Å². The van der Waals surface area contributed by atoms with Gasteiger partial charge in [0.25, 0.3) is 5.91 Å². The number of hydrogen-bond acceptors (Lipinski definition) is 3. The normalized spacial score (nSPS) is 16.1. The van der Waals surface area contributed by atoms with E-state index >= 15 is 0 Å². The average molecular weight is 328 g/mol. The second kappa shape index (κ2) is 7.25. The Morgan fingerprint density at radius 1 is 1.29 bits per heavy atom. The predicted octanol–water partition coefficient (Wildman–Crippen LogP) is 3.58.